The Kier molecular flexibility index (Phi) is 6.43. The van der Waals surface area contributed by atoms with Crippen molar-refractivity contribution in [2.24, 2.45) is 5.41 Å². The van der Waals surface area contributed by atoms with E-state index in [0.717, 1.165) is 11.3 Å². The van der Waals surface area contributed by atoms with Gasteiger partial charge in [0.2, 0.25) is 5.91 Å². The van der Waals surface area contributed by atoms with E-state index in [1.807, 2.05) is 20.8 Å². The van der Waals surface area contributed by atoms with Crippen molar-refractivity contribution in [1.29, 1.82) is 0 Å². The van der Waals surface area contributed by atoms with Crippen LogP contribution in [0.2, 0.25) is 0 Å². The molecule has 0 aliphatic rings. The first-order valence-corrected chi connectivity index (χ1v) is 8.69. The van der Waals surface area contributed by atoms with Gasteiger partial charge in [-0.15, -0.1) is 13.2 Å². The molecular formula is C20H24F3N3O2. The topological polar surface area (TPSA) is 76.4 Å². The number of ether oxygens (including phenoxy) is 1. The Morgan fingerprint density at radius 1 is 1.07 bits per heavy atom. The Labute approximate surface area is 162 Å². The minimum atomic E-state index is -4.71. The van der Waals surface area contributed by atoms with E-state index in [9.17, 15) is 18.0 Å². The predicted octanol–water partition coefficient (Wildman–Crippen LogP) is 5.15. The lowest BCUT2D eigenvalue weighted by Gasteiger charge is -2.18. The first kappa shape index (κ1) is 21.4. The second-order valence-electron chi connectivity index (χ2n) is 7.63. The van der Waals surface area contributed by atoms with Gasteiger partial charge in [0.15, 0.2) is 0 Å². The highest BCUT2D eigenvalue weighted by Crippen LogP contribution is 2.26. The maximum Gasteiger partial charge on any atom is 0.573 e. The van der Waals surface area contributed by atoms with E-state index >= 15 is 0 Å². The van der Waals surface area contributed by atoms with Crippen LogP contribution in [0, 0.1) is 5.41 Å². The minimum absolute atomic E-state index is 0.110. The maximum atomic E-state index is 12.2. The number of nitrogens with one attached hydrogen (secondary N) is 2. The Morgan fingerprint density at radius 2 is 1.71 bits per heavy atom. The predicted molar refractivity (Wildman–Crippen MR) is 104 cm³/mol. The maximum absolute atomic E-state index is 12.2. The Morgan fingerprint density at radius 3 is 2.25 bits per heavy atom. The van der Waals surface area contributed by atoms with E-state index < -0.39 is 6.36 Å². The van der Waals surface area contributed by atoms with Gasteiger partial charge in [-0.05, 0) is 41.3 Å². The van der Waals surface area contributed by atoms with E-state index in [4.69, 9.17) is 5.73 Å². The third kappa shape index (κ3) is 7.38. The number of carbonyl (C=O) groups is 1. The molecule has 8 heteroatoms. The number of halogens is 3. The molecule has 0 aliphatic carbocycles. The summed E-state index contributed by atoms with van der Waals surface area (Å²) in [6.07, 6.45) is -4.33. The summed E-state index contributed by atoms with van der Waals surface area (Å²) in [4.78, 5) is 12.0. The molecule has 0 aliphatic heterocycles. The summed E-state index contributed by atoms with van der Waals surface area (Å²) in [5.41, 5.74) is 8.33. The average Bonchev–Trinajstić information content (AvgIpc) is 2.53. The van der Waals surface area contributed by atoms with Gasteiger partial charge in [0.25, 0.3) is 0 Å². The van der Waals surface area contributed by atoms with Gasteiger partial charge >= 0.3 is 6.36 Å². The third-order valence-corrected chi connectivity index (χ3v) is 3.67. The van der Waals surface area contributed by atoms with E-state index in [-0.39, 0.29) is 17.1 Å². The molecular weight excluding hydrogens is 371 g/mol. The smallest absolute Gasteiger partial charge is 0.406 e. The number of benzene rings is 2. The molecule has 0 saturated carbocycles. The number of nitrogen functional groups attached to an aromatic ring is 1. The summed E-state index contributed by atoms with van der Waals surface area (Å²) in [7, 11) is 0. The number of rotatable bonds is 6. The molecule has 0 radical (unpaired) electrons. The van der Waals surface area contributed by atoms with Gasteiger partial charge in [-0.3, -0.25) is 4.79 Å². The van der Waals surface area contributed by atoms with Crippen molar-refractivity contribution in [3.05, 3.63) is 48.0 Å². The normalized spacial score (nSPS) is 11.8. The molecule has 28 heavy (non-hydrogen) atoms. The number of hydrogen-bond acceptors (Lipinski definition) is 4. The first-order chi connectivity index (χ1) is 12.9. The number of amides is 1. The summed E-state index contributed by atoms with van der Waals surface area (Å²) in [6.45, 7) is 6.32. The highest BCUT2D eigenvalue weighted by Gasteiger charge is 2.30. The number of hydrogen-bond donors (Lipinski definition) is 3. The van der Waals surface area contributed by atoms with Crippen LogP contribution in [0.4, 0.5) is 30.2 Å². The monoisotopic (exact) mass is 395 g/mol. The van der Waals surface area contributed by atoms with Crippen LogP contribution in [-0.4, -0.2) is 12.3 Å². The zero-order valence-corrected chi connectivity index (χ0v) is 16.0. The van der Waals surface area contributed by atoms with Crippen molar-refractivity contribution in [3.63, 3.8) is 0 Å². The van der Waals surface area contributed by atoms with E-state index in [1.54, 1.807) is 30.3 Å². The lowest BCUT2D eigenvalue weighted by molar-refractivity contribution is -0.274. The molecule has 4 N–H and O–H groups in total. The second-order valence-corrected chi connectivity index (χ2v) is 7.63. The number of anilines is 3. The fraction of sp³-hybridized carbons (Fsp3) is 0.350. The van der Waals surface area contributed by atoms with Gasteiger partial charge in [0.05, 0.1) is 11.4 Å². The van der Waals surface area contributed by atoms with Crippen LogP contribution < -0.4 is 21.1 Å². The van der Waals surface area contributed by atoms with E-state index in [1.165, 1.54) is 12.1 Å². The van der Waals surface area contributed by atoms with Gasteiger partial charge < -0.3 is 21.1 Å². The lowest BCUT2D eigenvalue weighted by Crippen LogP contribution is -2.20. The molecule has 5 nitrogen and oxygen atoms in total. The summed E-state index contributed by atoms with van der Waals surface area (Å²) in [5, 5.41) is 5.93. The standard InChI is InChI=1S/C20H24F3N3O2/c1-19(2,3)11-18(27)26-17-9-6-14(10-16(17)24)25-12-13-4-7-15(8-5-13)28-20(21,22)23/h4-10,25H,11-12,24H2,1-3H3,(H,26,27). The fourth-order valence-electron chi connectivity index (χ4n) is 2.48. The van der Waals surface area contributed by atoms with Gasteiger partial charge in [-0.25, -0.2) is 0 Å². The van der Waals surface area contributed by atoms with Crippen LogP contribution in [0.25, 0.3) is 0 Å². The lowest BCUT2D eigenvalue weighted by atomic mass is 9.92. The average molecular weight is 395 g/mol. The van der Waals surface area contributed by atoms with Gasteiger partial charge in [0.1, 0.15) is 5.75 Å². The summed E-state index contributed by atoms with van der Waals surface area (Å²) in [5.74, 6) is -0.378. The fourth-order valence-corrected chi connectivity index (χ4v) is 2.48. The Balaban J connectivity index is 1.93. The molecule has 1 amide bonds. The van der Waals surface area contributed by atoms with Crippen molar-refractivity contribution in [3.8, 4) is 5.75 Å². The van der Waals surface area contributed by atoms with Gasteiger partial charge in [-0.2, -0.15) is 0 Å². The summed E-state index contributed by atoms with van der Waals surface area (Å²) < 4.78 is 40.3. The van der Waals surface area contributed by atoms with Crippen LogP contribution in [0.5, 0.6) is 5.75 Å². The highest BCUT2D eigenvalue weighted by molar-refractivity contribution is 5.94. The van der Waals surface area contributed by atoms with Crippen molar-refractivity contribution in [2.45, 2.75) is 40.1 Å². The minimum Gasteiger partial charge on any atom is -0.406 e. The highest BCUT2D eigenvalue weighted by atomic mass is 19.4. The van der Waals surface area contributed by atoms with Crippen LogP contribution >= 0.6 is 0 Å². The summed E-state index contributed by atoms with van der Waals surface area (Å²) >= 11 is 0. The molecule has 2 aromatic rings. The number of carbonyl (C=O) groups excluding carboxylic acids is 1. The summed E-state index contributed by atoms with van der Waals surface area (Å²) in [6, 6.07) is 10.8. The quantitative estimate of drug-likeness (QED) is 0.591. The molecule has 0 fully saturated rings. The zero-order chi connectivity index (χ0) is 20.9. The molecule has 0 unspecified atom stereocenters. The van der Waals surface area contributed by atoms with Crippen LogP contribution in [0.15, 0.2) is 42.5 Å². The van der Waals surface area contributed by atoms with Crippen molar-refractivity contribution in [1.82, 2.24) is 0 Å². The molecule has 0 heterocycles. The van der Waals surface area contributed by atoms with E-state index in [0.29, 0.717) is 24.3 Å². The number of alkyl halides is 3. The molecule has 0 aromatic heterocycles. The third-order valence-electron chi connectivity index (χ3n) is 3.67. The largest absolute Gasteiger partial charge is 0.573 e. The zero-order valence-electron chi connectivity index (χ0n) is 16.0. The Bertz CT molecular complexity index is 813. The van der Waals surface area contributed by atoms with E-state index in [2.05, 4.69) is 15.4 Å². The van der Waals surface area contributed by atoms with Crippen molar-refractivity contribution >= 4 is 23.0 Å². The molecule has 152 valence electrons. The molecule has 0 atom stereocenters. The first-order valence-electron chi connectivity index (χ1n) is 8.69. The van der Waals surface area contributed by atoms with Crippen molar-refractivity contribution in [2.75, 3.05) is 16.4 Å². The van der Waals surface area contributed by atoms with Crippen LogP contribution in [-0.2, 0) is 11.3 Å². The van der Waals surface area contributed by atoms with Crippen LogP contribution in [0.1, 0.15) is 32.8 Å². The van der Waals surface area contributed by atoms with Crippen molar-refractivity contribution < 1.29 is 22.7 Å². The molecule has 0 spiro atoms. The van der Waals surface area contributed by atoms with Gasteiger partial charge in [0, 0.05) is 18.7 Å². The molecule has 0 saturated heterocycles. The molecule has 2 aromatic carbocycles. The Hall–Kier alpha value is -2.90. The molecule has 2 rings (SSSR count). The second kappa shape index (κ2) is 8.41. The SMILES string of the molecule is CC(C)(C)CC(=O)Nc1ccc(NCc2ccc(OC(F)(F)F)cc2)cc1N. The molecule has 0 bridgehead atoms. The van der Waals surface area contributed by atoms with Crippen LogP contribution in [0.3, 0.4) is 0 Å². The number of nitrogens with two attached hydrogens (primary N) is 1. The van der Waals surface area contributed by atoms with Gasteiger partial charge in [-0.1, -0.05) is 32.9 Å².